The number of carbonyl (C=O) groups is 2. The predicted octanol–water partition coefficient (Wildman–Crippen LogP) is 9.08. The second-order valence-corrected chi connectivity index (χ2v) is 25.6. The van der Waals surface area contributed by atoms with Crippen LogP contribution in [-0.2, 0) is 39.1 Å². The van der Waals surface area contributed by atoms with Gasteiger partial charge in [0, 0.05) is 107 Å². The Morgan fingerprint density at radius 2 is 1.92 bits per heavy atom. The summed E-state index contributed by atoms with van der Waals surface area (Å²) in [6.45, 7) is 1.80. The Morgan fingerprint density at radius 1 is 1.04 bits per heavy atom. The molecule has 13 nitrogen and oxygen atoms in total. The zero-order valence-electron chi connectivity index (χ0n) is 43.7. The summed E-state index contributed by atoms with van der Waals surface area (Å²) in [5.41, 5.74) is 16.2. The fourth-order valence-electron chi connectivity index (χ4n) is 14.7. The molecule has 0 amide bonds. The summed E-state index contributed by atoms with van der Waals surface area (Å²) in [6, 6.07) is 8.10. The number of dihydropyridines is 1. The SMILES string of the molecule is COc1cc(O)cc2c1-c1ccc3c4c1[C@@]1(CC[C@H](CC5=C(C#CCc6c(CN[C@H]7CCC(=O)[C@H](CCCO)C7)c(O)c7c(c6[C@@H](O4)[C@H]3COC(C)=O)C=C[C@@H]3N[C@H]4CCC[C@@H](CSSC[C@H]3O7)C4)NC(N)C=C5)C1)C2. The molecule has 12 rings (SSSR count). The number of hydrogen-bond acceptors (Lipinski definition) is 15. The van der Waals surface area contributed by atoms with Crippen LogP contribution in [0.2, 0.25) is 0 Å². The van der Waals surface area contributed by atoms with E-state index in [1.165, 1.54) is 19.8 Å². The largest absolute Gasteiger partial charge is 0.508 e. The van der Waals surface area contributed by atoms with Crippen molar-refractivity contribution in [1.29, 1.82) is 0 Å². The number of methoxy groups -OCH3 is 1. The summed E-state index contributed by atoms with van der Waals surface area (Å²) in [5, 5.41) is 45.4. The number of benzene rings is 3. The third-order valence-corrected chi connectivity index (χ3v) is 20.8. The molecule has 3 saturated carbocycles. The van der Waals surface area contributed by atoms with E-state index in [1.54, 1.807) is 13.2 Å². The van der Waals surface area contributed by atoms with Gasteiger partial charge in [-0.15, -0.1) is 0 Å². The van der Waals surface area contributed by atoms with E-state index in [0.717, 1.165) is 106 Å². The molecule has 0 radical (unpaired) electrons. The topological polar surface area (TPSA) is 194 Å². The average Bonchev–Trinajstić information content (AvgIpc) is 4.15. The van der Waals surface area contributed by atoms with Crippen LogP contribution in [0.1, 0.15) is 141 Å². The standard InChI is InChI=1S/C61H72N4O9S2/c1-33(67)72-30-47-43-13-14-44-54-38(25-41(68)26-51(54)71-2)28-61-20-19-34(27-61)22-36-11-18-53(62)65-48(36)10-4-9-42-46(29-63-39-12-17-50(69)37(24-39)7-5-21-66)57(70)60-45(55(42)58(47)74-59(43)56(44)61)15-16-49-52(73-60)32-76-75-31-35-6-3-8-40(23-35)64-49/h11,13-16,18,25-26,34-35,37,39-40,47,49,52-53,58,63-66,68,70H,3,5-9,12,17,19-24,27-32,62H2,1-2H3/t34-,35-,37-,39+,40+,47+,49+,52-,53?,58+,61-/m1/s1. The normalized spacial score (nSPS) is 30.9. The molecule has 5 heterocycles. The van der Waals surface area contributed by atoms with Crippen molar-refractivity contribution in [2.24, 2.45) is 23.5 Å². The predicted molar refractivity (Wildman–Crippen MR) is 297 cm³/mol. The lowest BCUT2D eigenvalue weighted by molar-refractivity contribution is -0.142. The van der Waals surface area contributed by atoms with Crippen LogP contribution in [0.3, 0.4) is 0 Å². The average molecular weight is 1070 g/mol. The highest BCUT2D eigenvalue weighted by atomic mass is 33.1. The molecule has 8 N–H and O–H groups in total. The Balaban J connectivity index is 1.08. The summed E-state index contributed by atoms with van der Waals surface area (Å²) in [6.07, 6.45) is 19.1. The highest BCUT2D eigenvalue weighted by Gasteiger charge is 2.52. The van der Waals surface area contributed by atoms with Gasteiger partial charge in [0.25, 0.3) is 0 Å². The number of nitrogens with one attached hydrogen (secondary N) is 3. The molecule has 1 saturated heterocycles. The third kappa shape index (κ3) is 9.82. The number of allylic oxidation sites excluding steroid dienone is 3. The molecule has 9 aliphatic rings. The Kier molecular flexibility index (Phi) is 14.7. The van der Waals surface area contributed by atoms with Crippen molar-refractivity contribution >= 4 is 39.4 Å². The molecular formula is C61H72N4O9S2. The van der Waals surface area contributed by atoms with Crippen molar-refractivity contribution in [3.63, 3.8) is 0 Å². The quantitative estimate of drug-likeness (QED) is 0.0609. The van der Waals surface area contributed by atoms with E-state index in [4.69, 9.17) is 24.7 Å². The Labute approximate surface area is 454 Å². The van der Waals surface area contributed by atoms with Gasteiger partial charge in [-0.05, 0) is 129 Å². The van der Waals surface area contributed by atoms with Gasteiger partial charge in [-0.25, -0.2) is 0 Å². The molecular weight excluding hydrogens is 997 g/mol. The number of ketones is 1. The highest BCUT2D eigenvalue weighted by Crippen LogP contribution is 2.63. The molecule has 3 aromatic carbocycles. The molecule has 6 bridgehead atoms. The first-order chi connectivity index (χ1) is 37.0. The van der Waals surface area contributed by atoms with E-state index in [-0.39, 0.29) is 73.0 Å². The first kappa shape index (κ1) is 51.7. The van der Waals surface area contributed by atoms with Gasteiger partial charge in [0.15, 0.2) is 11.5 Å². The minimum Gasteiger partial charge on any atom is -0.508 e. The Hall–Kier alpha value is -5.08. The van der Waals surface area contributed by atoms with Gasteiger partial charge in [-0.3, -0.25) is 9.59 Å². The van der Waals surface area contributed by atoms with Crippen LogP contribution in [0, 0.1) is 29.6 Å². The van der Waals surface area contributed by atoms with Crippen LogP contribution in [0.5, 0.6) is 28.7 Å². The first-order valence-corrected chi connectivity index (χ1v) is 30.4. The second kappa shape index (κ2) is 21.6. The fourth-order valence-corrected chi connectivity index (χ4v) is 17.4. The maximum absolute atomic E-state index is 13.2. The lowest BCUT2D eigenvalue weighted by atomic mass is 9.65. The number of ether oxygens (including phenoxy) is 4. The molecule has 0 aromatic heterocycles. The smallest absolute Gasteiger partial charge is 0.302 e. The molecule has 1 unspecified atom stereocenters. The molecule has 11 atom stereocenters. The van der Waals surface area contributed by atoms with Crippen LogP contribution in [0.15, 0.2) is 53.8 Å². The van der Waals surface area contributed by atoms with Crippen LogP contribution in [-0.4, -0.2) is 89.3 Å². The number of aliphatic hydroxyl groups is 1. The number of phenols is 2. The van der Waals surface area contributed by atoms with E-state index in [2.05, 4.69) is 58.2 Å². The fraction of sp³-hybridized carbons (Fsp3) is 0.541. The summed E-state index contributed by atoms with van der Waals surface area (Å²) in [7, 11) is 5.41. The van der Waals surface area contributed by atoms with Crippen LogP contribution >= 0.6 is 21.6 Å². The lowest BCUT2D eigenvalue weighted by Gasteiger charge is -2.39. The van der Waals surface area contributed by atoms with E-state index >= 15 is 0 Å². The molecule has 1 spiro atoms. The number of hydrogen-bond donors (Lipinski definition) is 7. The zero-order valence-corrected chi connectivity index (χ0v) is 45.4. The van der Waals surface area contributed by atoms with Gasteiger partial charge in [-0.2, -0.15) is 0 Å². The summed E-state index contributed by atoms with van der Waals surface area (Å²) in [5.74, 6) is 11.2. The van der Waals surface area contributed by atoms with E-state index in [0.29, 0.717) is 79.2 Å². The van der Waals surface area contributed by atoms with E-state index in [1.807, 2.05) is 33.7 Å². The maximum atomic E-state index is 13.2. The third-order valence-electron chi connectivity index (χ3n) is 18.2. The minimum atomic E-state index is -0.718. The van der Waals surface area contributed by atoms with Crippen LogP contribution < -0.4 is 35.9 Å². The van der Waals surface area contributed by atoms with Crippen molar-refractivity contribution in [2.75, 3.05) is 31.8 Å². The van der Waals surface area contributed by atoms with Crippen molar-refractivity contribution in [2.45, 2.75) is 158 Å². The second-order valence-electron chi connectivity index (χ2n) is 23.1. The Bertz CT molecular complexity index is 2960. The number of nitrogens with two attached hydrogens (primary N) is 1. The summed E-state index contributed by atoms with van der Waals surface area (Å²) >= 11 is 0. The number of aliphatic hydroxyl groups excluding tert-OH is 1. The molecule has 76 heavy (non-hydrogen) atoms. The van der Waals surface area contributed by atoms with Gasteiger partial charge in [0.2, 0.25) is 0 Å². The molecule has 3 aromatic rings. The molecule has 4 fully saturated rings. The molecule has 402 valence electrons. The van der Waals surface area contributed by atoms with E-state index < -0.39 is 24.2 Å². The molecule has 15 heteroatoms. The van der Waals surface area contributed by atoms with Gasteiger partial charge in [-0.1, -0.05) is 64.3 Å². The monoisotopic (exact) mass is 1070 g/mol. The van der Waals surface area contributed by atoms with Gasteiger partial charge in [0.05, 0.1) is 30.9 Å². The molecule has 5 aliphatic heterocycles. The first-order valence-electron chi connectivity index (χ1n) is 27.9. The van der Waals surface area contributed by atoms with Crippen molar-refractivity contribution in [3.8, 4) is 51.7 Å². The minimum absolute atomic E-state index is 0.0138. The van der Waals surface area contributed by atoms with Crippen molar-refractivity contribution in [3.05, 3.63) is 92.7 Å². The number of aromatic hydroxyl groups is 2. The van der Waals surface area contributed by atoms with Crippen molar-refractivity contribution < 1.29 is 43.9 Å². The van der Waals surface area contributed by atoms with Crippen LogP contribution in [0.25, 0.3) is 17.2 Å². The number of phenolic OH excluding ortho intramolecular Hbond substituents is 2. The number of rotatable bonds is 9. The zero-order chi connectivity index (χ0) is 52.2. The summed E-state index contributed by atoms with van der Waals surface area (Å²) < 4.78 is 27.3. The van der Waals surface area contributed by atoms with Gasteiger partial charge >= 0.3 is 5.97 Å². The maximum Gasteiger partial charge on any atom is 0.302 e. The number of Topliss-reactive ketones (excluding diaryl/α,β-unsaturated/α-hetero) is 1. The molecule has 4 aliphatic carbocycles. The van der Waals surface area contributed by atoms with Gasteiger partial charge in [0.1, 0.15) is 41.8 Å². The Morgan fingerprint density at radius 3 is 2.78 bits per heavy atom. The van der Waals surface area contributed by atoms with E-state index in [9.17, 15) is 24.9 Å². The number of esters is 1. The lowest BCUT2D eigenvalue weighted by Crippen LogP contribution is -2.49. The van der Waals surface area contributed by atoms with Crippen LogP contribution in [0.4, 0.5) is 0 Å². The number of fused-ring (bicyclic) bond motifs is 11. The number of carbonyl (C=O) groups excluding carboxylic acids is 2. The van der Waals surface area contributed by atoms with Gasteiger partial charge < -0.3 is 56.0 Å². The highest BCUT2D eigenvalue weighted by molar-refractivity contribution is 8.76. The van der Waals surface area contributed by atoms with Crippen molar-refractivity contribution in [1.82, 2.24) is 16.0 Å². The summed E-state index contributed by atoms with van der Waals surface area (Å²) in [4.78, 5) is 26.2.